The lowest BCUT2D eigenvalue weighted by molar-refractivity contribution is 0.0376. The summed E-state index contributed by atoms with van der Waals surface area (Å²) in [6.45, 7) is 3.47. The number of benzene rings is 1. The Morgan fingerprint density at radius 2 is 2.06 bits per heavy atom. The van der Waals surface area contributed by atoms with Crippen molar-refractivity contribution in [3.05, 3.63) is 29.8 Å². The first-order chi connectivity index (χ1) is 7.79. The smallest absolute Gasteiger partial charge is 0.342 e. The maximum atomic E-state index is 11.7. The number of carbonyl (C=O) groups is 1. The molecule has 0 aliphatic carbocycles. The fraction of sp³-hybridized carbons (Fsp3) is 0.300. The molecule has 0 aliphatic rings. The van der Waals surface area contributed by atoms with Crippen molar-refractivity contribution in [2.45, 2.75) is 20.0 Å². The van der Waals surface area contributed by atoms with Crippen LogP contribution in [0.25, 0.3) is 0 Å². The van der Waals surface area contributed by atoms with Crippen LogP contribution in [0.3, 0.4) is 0 Å². The molecule has 0 saturated carbocycles. The van der Waals surface area contributed by atoms with Gasteiger partial charge in [0, 0.05) is 0 Å². The van der Waals surface area contributed by atoms with E-state index < -0.39 is 11.8 Å². The van der Waals surface area contributed by atoms with Crippen LogP contribution in [0.1, 0.15) is 24.2 Å². The maximum Gasteiger partial charge on any atom is 0.342 e. The summed E-state index contributed by atoms with van der Waals surface area (Å²) in [4.78, 5) is 21.0. The average Bonchev–Trinajstić information content (AvgIpc) is 2.14. The van der Waals surface area contributed by atoms with Crippen molar-refractivity contribution in [3.8, 4) is 5.75 Å². The molecule has 0 heterocycles. The predicted molar refractivity (Wildman–Crippen MR) is 70.0 cm³/mol. The second-order valence-corrected chi connectivity index (χ2v) is 8.04. The lowest BCUT2D eigenvalue weighted by Gasteiger charge is -2.14. The van der Waals surface area contributed by atoms with Gasteiger partial charge in [0.15, 0.2) is 0 Å². The zero-order chi connectivity index (χ0) is 13.1. The third-order valence-corrected chi connectivity index (χ3v) is 2.51. The first-order valence-corrected chi connectivity index (χ1v) is 8.39. The lowest BCUT2D eigenvalue weighted by Crippen LogP contribution is -2.12. The molecule has 0 amide bonds. The lowest BCUT2D eigenvalue weighted by atomic mass is 10.2. The summed E-state index contributed by atoms with van der Waals surface area (Å²) in [6.07, 6.45) is -0.247. The number of esters is 1. The van der Waals surface area contributed by atoms with Crippen molar-refractivity contribution in [1.29, 1.82) is 0 Å². The standard InChI is InChI=1S/C10H12ClO4PS/c1-7(2)14-10(12)8-5-3-4-6-9(8)15-16(11,13)17/h3-7H,1-2H3,(H,13,17). The summed E-state index contributed by atoms with van der Waals surface area (Å²) in [6, 6.07) is 6.31. The van der Waals surface area contributed by atoms with Gasteiger partial charge in [-0.15, -0.1) is 0 Å². The molecule has 1 aromatic carbocycles. The third-order valence-electron chi connectivity index (χ3n) is 1.66. The monoisotopic (exact) mass is 294 g/mol. The Kier molecular flexibility index (Phi) is 4.95. The van der Waals surface area contributed by atoms with E-state index >= 15 is 0 Å². The molecule has 1 aromatic rings. The molecule has 17 heavy (non-hydrogen) atoms. The zero-order valence-electron chi connectivity index (χ0n) is 9.29. The molecule has 0 aromatic heterocycles. The number of carbonyl (C=O) groups excluding carboxylic acids is 1. The molecule has 1 unspecified atom stereocenters. The van der Waals surface area contributed by atoms with E-state index in [1.807, 2.05) is 0 Å². The normalized spacial score (nSPS) is 14.2. The molecule has 1 atom stereocenters. The van der Waals surface area contributed by atoms with Crippen molar-refractivity contribution < 1.29 is 18.9 Å². The van der Waals surface area contributed by atoms with Crippen LogP contribution in [-0.2, 0) is 16.5 Å². The van der Waals surface area contributed by atoms with Crippen LogP contribution in [0.4, 0.5) is 0 Å². The van der Waals surface area contributed by atoms with Gasteiger partial charge in [-0.2, -0.15) is 0 Å². The Bertz CT molecular complexity index is 457. The Hall–Kier alpha value is -0.610. The molecule has 0 fully saturated rings. The molecule has 0 bridgehead atoms. The number of hydrogen-bond donors (Lipinski definition) is 1. The zero-order valence-corrected chi connectivity index (χ0v) is 11.8. The minimum absolute atomic E-state index is 0.124. The summed E-state index contributed by atoms with van der Waals surface area (Å²) >= 11 is 10.0. The van der Waals surface area contributed by atoms with Gasteiger partial charge in [0.25, 0.3) is 0 Å². The predicted octanol–water partition coefficient (Wildman–Crippen LogP) is 3.09. The largest absolute Gasteiger partial charge is 0.459 e. The number of rotatable bonds is 4. The maximum absolute atomic E-state index is 11.7. The fourth-order valence-electron chi connectivity index (χ4n) is 1.11. The molecule has 4 nitrogen and oxygen atoms in total. The Morgan fingerprint density at radius 3 is 2.59 bits per heavy atom. The molecule has 1 N–H and O–H groups in total. The van der Waals surface area contributed by atoms with E-state index in [9.17, 15) is 9.69 Å². The Balaban J connectivity index is 2.99. The van der Waals surface area contributed by atoms with E-state index in [2.05, 4.69) is 11.8 Å². The molecular weight excluding hydrogens is 283 g/mol. The Morgan fingerprint density at radius 1 is 1.47 bits per heavy atom. The molecule has 0 saturated heterocycles. The van der Waals surface area contributed by atoms with Gasteiger partial charge in [-0.25, -0.2) is 4.79 Å². The second kappa shape index (κ2) is 5.83. The van der Waals surface area contributed by atoms with E-state index in [4.69, 9.17) is 20.5 Å². The quantitative estimate of drug-likeness (QED) is 0.683. The van der Waals surface area contributed by atoms with E-state index in [-0.39, 0.29) is 17.4 Å². The minimum atomic E-state index is -3.39. The summed E-state index contributed by atoms with van der Waals surface area (Å²) < 4.78 is 10.0. The van der Waals surface area contributed by atoms with Crippen molar-refractivity contribution in [1.82, 2.24) is 0 Å². The SMILES string of the molecule is CC(C)OC(=O)c1ccccc1OP(O)(=S)Cl. The molecule has 7 heteroatoms. The van der Waals surface area contributed by atoms with Crippen LogP contribution >= 0.6 is 17.1 Å². The van der Waals surface area contributed by atoms with Gasteiger partial charge in [0.05, 0.1) is 6.10 Å². The average molecular weight is 295 g/mol. The van der Waals surface area contributed by atoms with Crippen LogP contribution in [0.15, 0.2) is 24.3 Å². The van der Waals surface area contributed by atoms with Crippen LogP contribution in [0.5, 0.6) is 5.75 Å². The van der Waals surface area contributed by atoms with Crippen molar-refractivity contribution in [2.75, 3.05) is 0 Å². The van der Waals surface area contributed by atoms with Gasteiger partial charge in [-0.3, -0.25) is 0 Å². The van der Waals surface area contributed by atoms with Gasteiger partial charge in [0.1, 0.15) is 11.3 Å². The van der Waals surface area contributed by atoms with Crippen LogP contribution in [-0.4, -0.2) is 17.0 Å². The highest BCUT2D eigenvalue weighted by molar-refractivity contribution is 8.22. The minimum Gasteiger partial charge on any atom is -0.459 e. The summed E-state index contributed by atoms with van der Waals surface area (Å²) in [5.74, 6) is -3.81. The topological polar surface area (TPSA) is 55.8 Å². The summed E-state index contributed by atoms with van der Waals surface area (Å²) in [7, 11) is 0. The van der Waals surface area contributed by atoms with Crippen LogP contribution in [0, 0.1) is 0 Å². The molecule has 0 spiro atoms. The van der Waals surface area contributed by atoms with Crippen LogP contribution < -0.4 is 4.52 Å². The van der Waals surface area contributed by atoms with E-state index in [1.54, 1.807) is 26.0 Å². The van der Waals surface area contributed by atoms with Crippen molar-refractivity contribution in [3.63, 3.8) is 0 Å². The number of hydrogen-bond acceptors (Lipinski definition) is 4. The molecule has 0 aliphatic heterocycles. The van der Waals surface area contributed by atoms with Gasteiger partial charge in [-0.1, -0.05) is 12.1 Å². The molecule has 94 valence electrons. The first kappa shape index (κ1) is 14.5. The second-order valence-electron chi connectivity index (χ2n) is 3.49. The van der Waals surface area contributed by atoms with Crippen molar-refractivity contribution in [2.24, 2.45) is 0 Å². The summed E-state index contributed by atoms with van der Waals surface area (Å²) in [5, 5.41) is 0. The molecule has 0 radical (unpaired) electrons. The van der Waals surface area contributed by atoms with Gasteiger partial charge in [-0.05, 0) is 49.0 Å². The van der Waals surface area contributed by atoms with Gasteiger partial charge in [0.2, 0.25) is 0 Å². The molecular formula is C10H12ClO4PS. The highest BCUT2D eigenvalue weighted by atomic mass is 35.7. The van der Waals surface area contributed by atoms with Crippen molar-refractivity contribution >= 4 is 34.9 Å². The highest BCUT2D eigenvalue weighted by Crippen LogP contribution is 2.48. The van der Waals surface area contributed by atoms with Gasteiger partial charge >= 0.3 is 11.8 Å². The first-order valence-electron chi connectivity index (χ1n) is 4.81. The van der Waals surface area contributed by atoms with E-state index in [1.165, 1.54) is 12.1 Å². The number of halogens is 1. The van der Waals surface area contributed by atoms with E-state index in [0.717, 1.165) is 0 Å². The highest BCUT2D eigenvalue weighted by Gasteiger charge is 2.19. The summed E-state index contributed by atoms with van der Waals surface area (Å²) in [5.41, 5.74) is 0.185. The van der Waals surface area contributed by atoms with Crippen LogP contribution in [0.2, 0.25) is 0 Å². The molecule has 1 rings (SSSR count). The fourth-order valence-corrected chi connectivity index (χ4v) is 1.98. The Labute approximate surface area is 109 Å². The number of ether oxygens (including phenoxy) is 1. The van der Waals surface area contributed by atoms with E-state index in [0.29, 0.717) is 0 Å². The third kappa shape index (κ3) is 5.04. The number of para-hydroxylation sites is 1. The van der Waals surface area contributed by atoms with Gasteiger partial charge < -0.3 is 14.2 Å².